The summed E-state index contributed by atoms with van der Waals surface area (Å²) in [6.45, 7) is 5.23. The molecule has 1 aliphatic rings. The molecule has 1 aromatic heterocycles. The zero-order chi connectivity index (χ0) is 15.0. The summed E-state index contributed by atoms with van der Waals surface area (Å²) in [5, 5.41) is 1.61. The molecule has 0 saturated heterocycles. The third-order valence-corrected chi connectivity index (χ3v) is 5.59. The summed E-state index contributed by atoms with van der Waals surface area (Å²) < 4.78 is 1.09. The molecule has 2 nitrogen and oxygen atoms in total. The minimum atomic E-state index is 0.115. The first kappa shape index (κ1) is 14.9. The lowest BCUT2D eigenvalue weighted by atomic mass is 10.1. The second-order valence-electron chi connectivity index (χ2n) is 6.15. The van der Waals surface area contributed by atoms with E-state index in [2.05, 4.69) is 13.8 Å². The predicted molar refractivity (Wildman–Crippen MR) is 90.3 cm³/mol. The molecule has 0 bridgehead atoms. The Morgan fingerprint density at radius 3 is 2.71 bits per heavy atom. The number of hydrogen-bond acceptors (Lipinski definition) is 2. The number of nitrogens with zero attached hydrogens (tertiary/aromatic N) is 1. The molecule has 1 aliphatic carbocycles. The summed E-state index contributed by atoms with van der Waals surface area (Å²) in [5.41, 5.74) is 0. The van der Waals surface area contributed by atoms with Gasteiger partial charge in [0.2, 0.25) is 0 Å². The standard InChI is InChI=1S/C17H20ClNOS/c1-11(2)9-10-19(12-7-8-12)17(20)16-15(18)13-5-3-4-6-14(13)21-16/h3-6,11-12H,7-10H2,1-2H3. The lowest BCUT2D eigenvalue weighted by molar-refractivity contribution is 0.0740. The van der Waals surface area contributed by atoms with E-state index in [1.54, 1.807) is 0 Å². The van der Waals surface area contributed by atoms with Crippen LogP contribution in [0.5, 0.6) is 0 Å². The summed E-state index contributed by atoms with van der Waals surface area (Å²) in [6.07, 6.45) is 3.31. The SMILES string of the molecule is CC(C)CCN(C(=O)c1sc2ccccc2c1Cl)C1CC1. The van der Waals surface area contributed by atoms with Crippen molar-refractivity contribution in [3.05, 3.63) is 34.2 Å². The van der Waals surface area contributed by atoms with E-state index in [9.17, 15) is 4.79 Å². The van der Waals surface area contributed by atoms with Crippen molar-refractivity contribution in [3.8, 4) is 0 Å². The van der Waals surface area contributed by atoms with Crippen molar-refractivity contribution in [2.24, 2.45) is 5.92 Å². The largest absolute Gasteiger partial charge is 0.335 e. The van der Waals surface area contributed by atoms with E-state index in [0.717, 1.165) is 35.9 Å². The molecule has 1 heterocycles. The number of amides is 1. The van der Waals surface area contributed by atoms with Crippen molar-refractivity contribution >= 4 is 38.9 Å². The zero-order valence-electron chi connectivity index (χ0n) is 12.4. The van der Waals surface area contributed by atoms with Crippen LogP contribution in [0.1, 0.15) is 42.8 Å². The molecule has 1 amide bonds. The lowest BCUT2D eigenvalue weighted by Gasteiger charge is -2.23. The summed E-state index contributed by atoms with van der Waals surface area (Å²) >= 11 is 7.96. The number of thiophene rings is 1. The highest BCUT2D eigenvalue weighted by atomic mass is 35.5. The minimum Gasteiger partial charge on any atom is -0.335 e. The fourth-order valence-corrected chi connectivity index (χ4v) is 3.98. The van der Waals surface area contributed by atoms with Crippen LogP contribution in [0.25, 0.3) is 10.1 Å². The molecule has 4 heteroatoms. The van der Waals surface area contributed by atoms with Gasteiger partial charge < -0.3 is 4.90 Å². The summed E-state index contributed by atoms with van der Waals surface area (Å²) in [7, 11) is 0. The predicted octanol–water partition coefficient (Wildman–Crippen LogP) is 5.21. The third kappa shape index (κ3) is 3.09. The van der Waals surface area contributed by atoms with Crippen LogP contribution in [-0.4, -0.2) is 23.4 Å². The Labute approximate surface area is 134 Å². The molecule has 0 atom stereocenters. The summed E-state index contributed by atoms with van der Waals surface area (Å²) in [6, 6.07) is 8.39. The van der Waals surface area contributed by atoms with Gasteiger partial charge in [-0.15, -0.1) is 11.3 Å². The highest BCUT2D eigenvalue weighted by molar-refractivity contribution is 7.21. The second kappa shape index (κ2) is 5.98. The van der Waals surface area contributed by atoms with Gasteiger partial charge in [-0.25, -0.2) is 0 Å². The van der Waals surface area contributed by atoms with Crippen LogP contribution in [0.2, 0.25) is 5.02 Å². The molecule has 21 heavy (non-hydrogen) atoms. The highest BCUT2D eigenvalue weighted by Gasteiger charge is 2.34. The number of halogens is 1. The van der Waals surface area contributed by atoms with E-state index in [-0.39, 0.29) is 5.91 Å². The van der Waals surface area contributed by atoms with Gasteiger partial charge in [0.05, 0.1) is 5.02 Å². The third-order valence-electron chi connectivity index (χ3n) is 3.93. The van der Waals surface area contributed by atoms with E-state index in [1.165, 1.54) is 11.3 Å². The smallest absolute Gasteiger partial charge is 0.265 e. The summed E-state index contributed by atoms with van der Waals surface area (Å²) in [4.78, 5) is 15.6. The molecule has 3 rings (SSSR count). The molecule has 0 spiro atoms. The number of rotatable bonds is 5. The van der Waals surface area contributed by atoms with Gasteiger partial charge in [0, 0.05) is 22.7 Å². The number of benzene rings is 1. The average molecular weight is 322 g/mol. The van der Waals surface area contributed by atoms with Crippen LogP contribution < -0.4 is 0 Å². The average Bonchev–Trinajstić information content (AvgIpc) is 3.23. The fourth-order valence-electron chi connectivity index (χ4n) is 2.52. The molecule has 0 unspecified atom stereocenters. The first-order chi connectivity index (χ1) is 10.1. The van der Waals surface area contributed by atoms with Crippen LogP contribution in [-0.2, 0) is 0 Å². The minimum absolute atomic E-state index is 0.115. The van der Waals surface area contributed by atoms with Gasteiger partial charge in [-0.3, -0.25) is 4.79 Å². The van der Waals surface area contributed by atoms with E-state index in [0.29, 0.717) is 21.9 Å². The molecule has 112 valence electrons. The van der Waals surface area contributed by atoms with Crippen LogP contribution in [0.15, 0.2) is 24.3 Å². The van der Waals surface area contributed by atoms with E-state index in [1.807, 2.05) is 29.2 Å². The molecule has 1 saturated carbocycles. The monoisotopic (exact) mass is 321 g/mol. The topological polar surface area (TPSA) is 20.3 Å². The number of hydrogen-bond donors (Lipinski definition) is 0. The van der Waals surface area contributed by atoms with Gasteiger partial charge in [-0.05, 0) is 31.2 Å². The van der Waals surface area contributed by atoms with Crippen molar-refractivity contribution < 1.29 is 4.79 Å². The first-order valence-corrected chi connectivity index (χ1v) is 8.75. The first-order valence-electron chi connectivity index (χ1n) is 7.56. The van der Waals surface area contributed by atoms with Crippen LogP contribution in [0.3, 0.4) is 0 Å². The maximum absolute atomic E-state index is 12.9. The highest BCUT2D eigenvalue weighted by Crippen LogP contribution is 2.38. The van der Waals surface area contributed by atoms with Gasteiger partial charge in [0.25, 0.3) is 5.91 Å². The fraction of sp³-hybridized carbons (Fsp3) is 0.471. The molecule has 0 N–H and O–H groups in total. The Kier molecular flexibility index (Phi) is 4.23. The Bertz CT molecular complexity index is 660. The number of carbonyl (C=O) groups is 1. The van der Waals surface area contributed by atoms with Crippen molar-refractivity contribution in [2.75, 3.05) is 6.54 Å². The second-order valence-corrected chi connectivity index (χ2v) is 7.58. The van der Waals surface area contributed by atoms with Crippen molar-refractivity contribution in [1.29, 1.82) is 0 Å². The zero-order valence-corrected chi connectivity index (χ0v) is 14.0. The van der Waals surface area contributed by atoms with Crippen LogP contribution in [0, 0.1) is 5.92 Å². The van der Waals surface area contributed by atoms with Gasteiger partial charge in [-0.1, -0.05) is 43.6 Å². The molecule has 2 aromatic rings. The van der Waals surface area contributed by atoms with Crippen LogP contribution >= 0.6 is 22.9 Å². The maximum Gasteiger partial charge on any atom is 0.265 e. The summed E-state index contributed by atoms with van der Waals surface area (Å²) in [5.74, 6) is 0.723. The molecule has 1 fully saturated rings. The lowest BCUT2D eigenvalue weighted by Crippen LogP contribution is -2.34. The van der Waals surface area contributed by atoms with Gasteiger partial charge >= 0.3 is 0 Å². The van der Waals surface area contributed by atoms with Crippen molar-refractivity contribution in [2.45, 2.75) is 39.2 Å². The van der Waals surface area contributed by atoms with Crippen molar-refractivity contribution in [3.63, 3.8) is 0 Å². The van der Waals surface area contributed by atoms with E-state index in [4.69, 9.17) is 11.6 Å². The Balaban J connectivity index is 1.88. The number of fused-ring (bicyclic) bond motifs is 1. The normalized spacial score (nSPS) is 14.9. The number of carbonyl (C=O) groups excluding carboxylic acids is 1. The maximum atomic E-state index is 12.9. The Morgan fingerprint density at radius 1 is 1.38 bits per heavy atom. The van der Waals surface area contributed by atoms with E-state index < -0.39 is 0 Å². The molecule has 0 aliphatic heterocycles. The molecule has 1 aromatic carbocycles. The van der Waals surface area contributed by atoms with Gasteiger partial charge in [0.15, 0.2) is 0 Å². The van der Waals surface area contributed by atoms with Crippen molar-refractivity contribution in [1.82, 2.24) is 4.90 Å². The van der Waals surface area contributed by atoms with Gasteiger partial charge in [0.1, 0.15) is 4.88 Å². The Hall–Kier alpha value is -1.06. The van der Waals surface area contributed by atoms with Crippen LogP contribution in [0.4, 0.5) is 0 Å². The quantitative estimate of drug-likeness (QED) is 0.740. The van der Waals surface area contributed by atoms with Gasteiger partial charge in [-0.2, -0.15) is 0 Å². The molecule has 0 radical (unpaired) electrons. The molecular formula is C17H20ClNOS. The Morgan fingerprint density at radius 2 is 2.10 bits per heavy atom. The van der Waals surface area contributed by atoms with E-state index >= 15 is 0 Å². The molecular weight excluding hydrogens is 302 g/mol.